The maximum Gasteiger partial charge on any atom is 0.139 e. The van der Waals surface area contributed by atoms with E-state index in [4.69, 9.17) is 5.11 Å². The molecule has 0 saturated carbocycles. The molecule has 0 atom stereocenters. The Bertz CT molecular complexity index is 352. The van der Waals surface area contributed by atoms with Gasteiger partial charge in [-0.3, -0.25) is 0 Å². The number of alkyl halides is 1. The number of hydrogen-bond donors (Lipinski definition) is 1. The van der Waals surface area contributed by atoms with Crippen LogP contribution in [0.3, 0.4) is 0 Å². The summed E-state index contributed by atoms with van der Waals surface area (Å²) in [5, 5.41) is 9.24. The van der Waals surface area contributed by atoms with Crippen molar-refractivity contribution in [1.82, 2.24) is 0 Å². The summed E-state index contributed by atoms with van der Waals surface area (Å²) in [6.07, 6.45) is 0. The minimum atomic E-state index is -0.389. The molecule has 0 heterocycles. The average molecular weight is 243 g/mol. The standard InChI is InChI=1S/C10H8BrFO/c11-5-1-2-9-4-3-8(7-13)6-10(9)12/h3-4,6,13H,5,7H2. The second-order valence-corrected chi connectivity index (χ2v) is 2.97. The van der Waals surface area contributed by atoms with Crippen LogP contribution in [0.2, 0.25) is 0 Å². The molecule has 0 aliphatic carbocycles. The van der Waals surface area contributed by atoms with Crippen molar-refractivity contribution in [1.29, 1.82) is 0 Å². The van der Waals surface area contributed by atoms with E-state index in [9.17, 15) is 4.39 Å². The second kappa shape index (κ2) is 5.00. The molecule has 3 heteroatoms. The summed E-state index contributed by atoms with van der Waals surface area (Å²) in [5.41, 5.74) is 0.915. The first-order chi connectivity index (χ1) is 6.27. The maximum atomic E-state index is 13.1. The largest absolute Gasteiger partial charge is 0.392 e. The molecule has 0 spiro atoms. The Hall–Kier alpha value is -0.850. The van der Waals surface area contributed by atoms with Crippen LogP contribution < -0.4 is 0 Å². The Labute approximate surface area is 84.7 Å². The van der Waals surface area contributed by atoms with Gasteiger partial charge in [-0.1, -0.05) is 33.8 Å². The SMILES string of the molecule is OCc1ccc(C#CCBr)c(F)c1. The van der Waals surface area contributed by atoms with Crippen molar-refractivity contribution in [2.75, 3.05) is 5.33 Å². The number of hydrogen-bond acceptors (Lipinski definition) is 1. The average Bonchev–Trinajstić information content (AvgIpc) is 2.16. The van der Waals surface area contributed by atoms with E-state index in [2.05, 4.69) is 27.8 Å². The molecule has 0 aromatic heterocycles. The van der Waals surface area contributed by atoms with E-state index >= 15 is 0 Å². The van der Waals surface area contributed by atoms with Gasteiger partial charge in [-0.05, 0) is 17.7 Å². The minimum absolute atomic E-state index is 0.150. The van der Waals surface area contributed by atoms with Gasteiger partial charge >= 0.3 is 0 Å². The Balaban J connectivity index is 2.98. The molecule has 0 saturated heterocycles. The van der Waals surface area contributed by atoms with Gasteiger partial charge in [0.2, 0.25) is 0 Å². The highest BCUT2D eigenvalue weighted by Crippen LogP contribution is 2.09. The molecule has 13 heavy (non-hydrogen) atoms. The molecule has 1 aromatic rings. The topological polar surface area (TPSA) is 20.2 Å². The summed E-state index contributed by atoms with van der Waals surface area (Å²) in [7, 11) is 0. The molecule has 0 aliphatic rings. The molecule has 0 aliphatic heterocycles. The van der Waals surface area contributed by atoms with Crippen molar-refractivity contribution in [3.8, 4) is 11.8 Å². The van der Waals surface area contributed by atoms with Crippen LogP contribution in [0.5, 0.6) is 0 Å². The molecule has 0 bridgehead atoms. The molecular formula is C10H8BrFO. The Morgan fingerprint density at radius 2 is 2.23 bits per heavy atom. The van der Waals surface area contributed by atoms with Gasteiger partial charge < -0.3 is 5.11 Å². The number of aliphatic hydroxyl groups excluding tert-OH is 1. The fourth-order valence-corrected chi connectivity index (χ4v) is 1.03. The Morgan fingerprint density at radius 3 is 2.77 bits per heavy atom. The van der Waals surface area contributed by atoms with Crippen LogP contribution in [0.4, 0.5) is 4.39 Å². The highest BCUT2D eigenvalue weighted by atomic mass is 79.9. The lowest BCUT2D eigenvalue weighted by Crippen LogP contribution is -1.88. The predicted molar refractivity (Wildman–Crippen MR) is 53.0 cm³/mol. The van der Waals surface area contributed by atoms with Gasteiger partial charge in [0.1, 0.15) is 5.82 Å². The highest BCUT2D eigenvalue weighted by molar-refractivity contribution is 9.09. The minimum Gasteiger partial charge on any atom is -0.392 e. The third-order valence-electron chi connectivity index (χ3n) is 1.51. The number of halogens is 2. The van der Waals surface area contributed by atoms with E-state index in [1.807, 2.05) is 0 Å². The van der Waals surface area contributed by atoms with E-state index in [-0.39, 0.29) is 12.4 Å². The molecule has 1 aromatic carbocycles. The third kappa shape index (κ3) is 2.83. The Kier molecular flexibility index (Phi) is 3.94. The van der Waals surface area contributed by atoms with Crippen LogP contribution in [0.25, 0.3) is 0 Å². The third-order valence-corrected chi connectivity index (χ3v) is 1.79. The first-order valence-electron chi connectivity index (χ1n) is 3.72. The van der Waals surface area contributed by atoms with Crippen LogP contribution in [-0.4, -0.2) is 10.4 Å². The van der Waals surface area contributed by atoms with Crippen LogP contribution in [0.1, 0.15) is 11.1 Å². The smallest absolute Gasteiger partial charge is 0.139 e. The summed E-state index contributed by atoms with van der Waals surface area (Å²) < 4.78 is 13.1. The van der Waals surface area contributed by atoms with Gasteiger partial charge in [0.15, 0.2) is 0 Å². The first kappa shape index (κ1) is 10.2. The van der Waals surface area contributed by atoms with Gasteiger partial charge in [-0.15, -0.1) is 0 Å². The van der Waals surface area contributed by atoms with Gasteiger partial charge in [0.25, 0.3) is 0 Å². The zero-order valence-electron chi connectivity index (χ0n) is 6.85. The van der Waals surface area contributed by atoms with Crippen LogP contribution in [0.15, 0.2) is 18.2 Å². The lowest BCUT2D eigenvalue weighted by Gasteiger charge is -1.97. The molecule has 0 amide bonds. The molecule has 1 nitrogen and oxygen atoms in total. The van der Waals surface area contributed by atoms with Crippen LogP contribution >= 0.6 is 15.9 Å². The highest BCUT2D eigenvalue weighted by Gasteiger charge is 1.99. The van der Waals surface area contributed by atoms with Gasteiger partial charge in [-0.2, -0.15) is 0 Å². The summed E-state index contributed by atoms with van der Waals surface area (Å²) in [4.78, 5) is 0. The van der Waals surface area contributed by atoms with Crippen molar-refractivity contribution in [2.45, 2.75) is 6.61 Å². The molecular weight excluding hydrogens is 235 g/mol. The monoisotopic (exact) mass is 242 g/mol. The van der Waals surface area contributed by atoms with Crippen LogP contribution in [-0.2, 0) is 6.61 Å². The lowest BCUT2D eigenvalue weighted by molar-refractivity contribution is 0.281. The van der Waals surface area contributed by atoms with Crippen molar-refractivity contribution >= 4 is 15.9 Å². The fraction of sp³-hybridized carbons (Fsp3) is 0.200. The molecule has 1 rings (SSSR count). The normalized spacial score (nSPS) is 9.15. The molecule has 68 valence electrons. The molecule has 1 N–H and O–H groups in total. The number of rotatable bonds is 1. The summed E-state index contributed by atoms with van der Waals surface area (Å²) in [5.74, 6) is 4.98. The quantitative estimate of drug-likeness (QED) is 0.591. The maximum absolute atomic E-state index is 13.1. The van der Waals surface area contributed by atoms with Crippen LogP contribution in [0, 0.1) is 17.7 Å². The van der Waals surface area contributed by atoms with E-state index in [0.29, 0.717) is 16.5 Å². The zero-order chi connectivity index (χ0) is 9.68. The van der Waals surface area contributed by atoms with Crippen molar-refractivity contribution in [3.05, 3.63) is 35.1 Å². The zero-order valence-corrected chi connectivity index (χ0v) is 8.44. The summed E-state index contributed by atoms with van der Waals surface area (Å²) >= 11 is 3.12. The van der Waals surface area contributed by atoms with E-state index in [1.54, 1.807) is 12.1 Å². The molecule has 0 radical (unpaired) electrons. The van der Waals surface area contributed by atoms with E-state index in [0.717, 1.165) is 0 Å². The Morgan fingerprint density at radius 1 is 1.46 bits per heavy atom. The summed E-state index contributed by atoms with van der Waals surface area (Å²) in [6.45, 7) is -0.150. The second-order valence-electron chi connectivity index (χ2n) is 2.41. The van der Waals surface area contributed by atoms with Gasteiger partial charge in [-0.25, -0.2) is 4.39 Å². The molecule has 0 fully saturated rings. The predicted octanol–water partition coefficient (Wildman–Crippen LogP) is 2.06. The van der Waals surface area contributed by atoms with E-state index < -0.39 is 0 Å². The van der Waals surface area contributed by atoms with E-state index in [1.165, 1.54) is 6.07 Å². The number of benzene rings is 1. The lowest BCUT2D eigenvalue weighted by atomic mass is 10.1. The summed E-state index contributed by atoms with van der Waals surface area (Å²) in [6, 6.07) is 4.51. The van der Waals surface area contributed by atoms with Gasteiger partial charge in [0, 0.05) is 0 Å². The van der Waals surface area contributed by atoms with Gasteiger partial charge in [0.05, 0.1) is 17.5 Å². The van der Waals surface area contributed by atoms with Crippen molar-refractivity contribution < 1.29 is 9.50 Å². The van der Waals surface area contributed by atoms with Crippen molar-refractivity contribution in [2.24, 2.45) is 0 Å². The van der Waals surface area contributed by atoms with Crippen molar-refractivity contribution in [3.63, 3.8) is 0 Å². The fourth-order valence-electron chi connectivity index (χ4n) is 0.887. The number of aliphatic hydroxyl groups is 1. The molecule has 0 unspecified atom stereocenters. The first-order valence-corrected chi connectivity index (χ1v) is 4.84.